The number of pyridine rings is 1. The van der Waals surface area contributed by atoms with E-state index in [0.29, 0.717) is 35.3 Å². The van der Waals surface area contributed by atoms with Gasteiger partial charge >= 0.3 is 0 Å². The summed E-state index contributed by atoms with van der Waals surface area (Å²) in [7, 11) is -3.81. The van der Waals surface area contributed by atoms with Gasteiger partial charge in [0.05, 0.1) is 17.6 Å². The van der Waals surface area contributed by atoms with Gasteiger partial charge in [-0.25, -0.2) is 22.2 Å². The fourth-order valence-electron chi connectivity index (χ4n) is 6.46. The summed E-state index contributed by atoms with van der Waals surface area (Å²) in [4.78, 5) is 26.8. The number of benzene rings is 1. The average molecular weight is 606 g/mol. The number of halogens is 2. The number of nitrogens with one attached hydrogen (secondary N) is 1. The summed E-state index contributed by atoms with van der Waals surface area (Å²) in [5.41, 5.74) is 8.51. The van der Waals surface area contributed by atoms with Crippen LogP contribution in [0.2, 0.25) is 0 Å². The number of aromatic nitrogens is 7. The number of sulfone groups is 1. The lowest BCUT2D eigenvalue weighted by Gasteiger charge is -2.38. The summed E-state index contributed by atoms with van der Waals surface area (Å²) in [6.07, 6.45) is 7.99. The van der Waals surface area contributed by atoms with Crippen LogP contribution in [0.3, 0.4) is 0 Å². The summed E-state index contributed by atoms with van der Waals surface area (Å²) in [5, 5.41) is 11.9. The minimum atomic E-state index is -3.81. The van der Waals surface area contributed by atoms with E-state index in [1.165, 1.54) is 35.4 Å². The number of hydrogen-bond acceptors (Lipinski definition) is 9. The van der Waals surface area contributed by atoms with Gasteiger partial charge in [-0.3, -0.25) is 9.78 Å². The number of aromatic amines is 1. The third-order valence-corrected chi connectivity index (χ3v) is 9.47. The van der Waals surface area contributed by atoms with Crippen molar-refractivity contribution in [3.8, 4) is 22.4 Å². The van der Waals surface area contributed by atoms with Crippen LogP contribution < -0.4 is 5.73 Å². The zero-order valence-corrected chi connectivity index (χ0v) is 23.6. The number of rotatable bonds is 5. The summed E-state index contributed by atoms with van der Waals surface area (Å²) in [6, 6.07) is 6.87. The van der Waals surface area contributed by atoms with Crippen LogP contribution >= 0.6 is 0 Å². The Morgan fingerprint density at radius 3 is 2.49 bits per heavy atom. The number of nitrogens with zero attached hydrogens (tertiary/aromatic N) is 7. The van der Waals surface area contributed by atoms with Crippen LogP contribution in [0.15, 0.2) is 53.9 Å². The van der Waals surface area contributed by atoms with Gasteiger partial charge < -0.3 is 15.6 Å². The van der Waals surface area contributed by atoms with Gasteiger partial charge in [-0.15, -0.1) is 10.2 Å². The maximum atomic E-state index is 14.3. The molecule has 2 aliphatic heterocycles. The van der Waals surface area contributed by atoms with E-state index in [1.54, 1.807) is 12.1 Å². The second-order valence-electron chi connectivity index (χ2n) is 10.9. The van der Waals surface area contributed by atoms with Crippen LogP contribution in [0, 0.1) is 11.6 Å². The van der Waals surface area contributed by atoms with Crippen molar-refractivity contribution in [3.63, 3.8) is 0 Å². The third kappa shape index (κ3) is 4.42. The van der Waals surface area contributed by atoms with Crippen molar-refractivity contribution in [1.82, 2.24) is 39.7 Å². The smallest absolute Gasteiger partial charge is 0.292 e. The zero-order valence-electron chi connectivity index (χ0n) is 22.8. The maximum absolute atomic E-state index is 14.3. The van der Waals surface area contributed by atoms with Crippen molar-refractivity contribution in [2.45, 2.75) is 48.6 Å². The van der Waals surface area contributed by atoms with Crippen molar-refractivity contribution in [3.05, 3.63) is 72.2 Å². The molecule has 15 heteroatoms. The molecule has 1 aromatic carbocycles. The Balaban J connectivity index is 1.28. The molecule has 43 heavy (non-hydrogen) atoms. The summed E-state index contributed by atoms with van der Waals surface area (Å²) in [6.45, 7) is 0. The number of hydrogen-bond donors (Lipinski definition) is 2. The molecule has 2 aliphatic rings. The van der Waals surface area contributed by atoms with E-state index in [0.717, 1.165) is 25.2 Å². The van der Waals surface area contributed by atoms with Crippen LogP contribution in [-0.2, 0) is 9.84 Å². The number of piperidine rings is 1. The lowest BCUT2D eigenvalue weighted by atomic mass is 9.87. The number of nitrogen functional groups attached to an aromatic ring is 1. The highest BCUT2D eigenvalue weighted by Gasteiger charge is 2.46. The van der Waals surface area contributed by atoms with Crippen molar-refractivity contribution < 1.29 is 22.0 Å². The van der Waals surface area contributed by atoms with E-state index in [1.807, 2.05) is 4.90 Å². The highest BCUT2D eigenvalue weighted by Crippen LogP contribution is 2.45. The molecule has 2 fully saturated rings. The minimum absolute atomic E-state index is 0.0247. The largest absolute Gasteiger partial charge is 0.382 e. The highest BCUT2D eigenvalue weighted by molar-refractivity contribution is 7.91. The van der Waals surface area contributed by atoms with Gasteiger partial charge in [0.2, 0.25) is 5.82 Å². The van der Waals surface area contributed by atoms with Crippen LogP contribution in [0.4, 0.5) is 14.6 Å². The molecule has 7 rings (SSSR count). The summed E-state index contributed by atoms with van der Waals surface area (Å²) >= 11 is 0. The lowest BCUT2D eigenvalue weighted by Crippen LogP contribution is -2.46. The number of carbonyl (C=O) groups excluding carboxylic acids is 1. The predicted octanol–water partition coefficient (Wildman–Crippen LogP) is 3.39. The molecule has 3 N–H and O–H groups in total. The third-order valence-electron chi connectivity index (χ3n) is 8.31. The molecule has 0 saturated carbocycles. The average Bonchev–Trinajstić information content (AvgIpc) is 3.72. The molecule has 1 amide bonds. The Morgan fingerprint density at radius 2 is 1.84 bits per heavy atom. The molecule has 2 saturated heterocycles. The molecule has 3 atom stereocenters. The number of H-pyrrole nitrogens is 1. The predicted molar refractivity (Wildman–Crippen MR) is 150 cm³/mol. The van der Waals surface area contributed by atoms with E-state index in [9.17, 15) is 22.0 Å². The fourth-order valence-corrected chi connectivity index (χ4v) is 7.52. The molecule has 220 valence electrons. The number of nitrogens with two attached hydrogens (primary N) is 1. The molecule has 2 bridgehead atoms. The van der Waals surface area contributed by atoms with E-state index >= 15 is 0 Å². The van der Waals surface area contributed by atoms with Gasteiger partial charge in [0.15, 0.2) is 27.1 Å². The van der Waals surface area contributed by atoms with Gasteiger partial charge in [0.25, 0.3) is 5.91 Å². The fraction of sp³-hybridized carbons (Fsp3) is 0.286. The topological polar surface area (TPSA) is 165 Å². The summed E-state index contributed by atoms with van der Waals surface area (Å²) in [5.74, 6) is -2.38. The second-order valence-corrected chi connectivity index (χ2v) is 12.9. The van der Waals surface area contributed by atoms with Gasteiger partial charge in [-0.2, -0.15) is 9.61 Å². The van der Waals surface area contributed by atoms with E-state index in [4.69, 9.17) is 10.7 Å². The molecule has 0 aliphatic carbocycles. The van der Waals surface area contributed by atoms with Crippen LogP contribution in [0.25, 0.3) is 28.0 Å². The first-order valence-electron chi connectivity index (χ1n) is 13.6. The van der Waals surface area contributed by atoms with Gasteiger partial charge in [-0.05, 0) is 43.9 Å². The standard InChI is InChI=1S/C28H25F2N9O3S/c1-43(41,42)24-23(15-9-16-6-7-17(10-15)38(16)28(40)26-33-13-34-37-26)36-27-19(12-35-39(27)25(24)31)14-5-8-21(32-11-14)18-3-2-4-20(29)22(18)30/h2-5,8,11-13,15-17H,6-7,9-10,31H2,1H3,(H,33,34,37)/t15-,16+,17-. The Hall–Kier alpha value is -4.79. The van der Waals surface area contributed by atoms with Gasteiger partial charge in [0.1, 0.15) is 17.0 Å². The Bertz CT molecular complexity index is 1980. The molecule has 0 spiro atoms. The molecule has 4 aromatic heterocycles. The molecule has 6 heterocycles. The van der Waals surface area contributed by atoms with E-state index in [-0.39, 0.29) is 51.7 Å². The monoisotopic (exact) mass is 605 g/mol. The normalized spacial score (nSPS) is 20.2. The first kappa shape index (κ1) is 27.1. The van der Waals surface area contributed by atoms with E-state index in [2.05, 4.69) is 25.3 Å². The lowest BCUT2D eigenvalue weighted by molar-refractivity contribution is 0.0556. The van der Waals surface area contributed by atoms with Crippen molar-refractivity contribution in [1.29, 1.82) is 0 Å². The van der Waals surface area contributed by atoms with Crippen molar-refractivity contribution in [2.75, 3.05) is 12.0 Å². The first-order chi connectivity index (χ1) is 20.6. The van der Waals surface area contributed by atoms with Crippen LogP contribution in [0.1, 0.15) is 47.9 Å². The van der Waals surface area contributed by atoms with Gasteiger partial charge in [-0.1, -0.05) is 12.1 Å². The van der Waals surface area contributed by atoms with Crippen molar-refractivity contribution in [2.24, 2.45) is 0 Å². The number of fused-ring (bicyclic) bond motifs is 3. The minimum Gasteiger partial charge on any atom is -0.382 e. The molecule has 0 unspecified atom stereocenters. The molecule has 12 nitrogen and oxygen atoms in total. The summed E-state index contributed by atoms with van der Waals surface area (Å²) < 4.78 is 55.5. The number of anilines is 1. The Kier molecular flexibility index (Phi) is 6.23. The van der Waals surface area contributed by atoms with E-state index < -0.39 is 21.5 Å². The molecular weight excluding hydrogens is 580 g/mol. The molecule has 5 aromatic rings. The SMILES string of the molecule is CS(=O)(=O)c1c([C@H]2C[C@H]3CC[C@@H](C2)N3C(=O)c2nnc[nH]2)nc2c(-c3ccc(-c4cccc(F)c4F)nc3)cnn2c1N. The first-order valence-corrected chi connectivity index (χ1v) is 15.5. The number of amides is 1. The zero-order chi connectivity index (χ0) is 30.0. The van der Waals surface area contributed by atoms with Crippen molar-refractivity contribution >= 4 is 27.2 Å². The van der Waals surface area contributed by atoms with Gasteiger partial charge in [0, 0.05) is 47.1 Å². The maximum Gasteiger partial charge on any atom is 0.292 e. The second kappa shape index (κ2) is 9.90. The van der Waals surface area contributed by atoms with Crippen LogP contribution in [0.5, 0.6) is 0 Å². The highest BCUT2D eigenvalue weighted by atomic mass is 32.2. The Morgan fingerprint density at radius 1 is 1.07 bits per heavy atom. The Labute approximate surface area is 243 Å². The molecular formula is C28H25F2N9O3S. The quantitative estimate of drug-likeness (QED) is 0.305. The number of carbonyl (C=O) groups is 1. The molecule has 0 radical (unpaired) electrons. The van der Waals surface area contributed by atoms with Crippen LogP contribution in [-0.4, -0.2) is 72.3 Å².